The Morgan fingerprint density at radius 3 is 2.68 bits per heavy atom. The molecule has 5 heteroatoms. The number of oxime groups is 1. The van der Waals surface area contributed by atoms with Crippen molar-refractivity contribution in [3.63, 3.8) is 0 Å². The van der Waals surface area contributed by atoms with E-state index in [1.54, 1.807) is 7.05 Å². The molecular formula is C23H27BrN2O2. The molecule has 1 amide bonds. The molecule has 0 aliphatic rings. The van der Waals surface area contributed by atoms with Gasteiger partial charge in [0, 0.05) is 28.2 Å². The first-order chi connectivity index (χ1) is 13.5. The molecule has 2 rings (SSSR count). The van der Waals surface area contributed by atoms with Gasteiger partial charge in [0.25, 0.3) is 5.91 Å². The lowest BCUT2D eigenvalue weighted by molar-refractivity contribution is -0.115. The van der Waals surface area contributed by atoms with Crippen LogP contribution in [0.5, 0.6) is 0 Å². The topological polar surface area (TPSA) is 50.7 Å². The van der Waals surface area contributed by atoms with E-state index in [1.165, 1.54) is 0 Å². The number of nitrogens with one attached hydrogen (secondary N) is 1. The fourth-order valence-corrected chi connectivity index (χ4v) is 3.25. The second kappa shape index (κ2) is 10.8. The summed E-state index contributed by atoms with van der Waals surface area (Å²) >= 11 is 3.47. The van der Waals surface area contributed by atoms with Crippen molar-refractivity contribution in [2.75, 3.05) is 7.05 Å². The van der Waals surface area contributed by atoms with Crippen LogP contribution in [0, 0.1) is 6.92 Å². The van der Waals surface area contributed by atoms with Crippen LogP contribution in [0.3, 0.4) is 0 Å². The molecule has 0 atom stereocenters. The summed E-state index contributed by atoms with van der Waals surface area (Å²) in [6, 6.07) is 13.9. The molecule has 2 aromatic carbocycles. The molecule has 4 nitrogen and oxygen atoms in total. The third-order valence-corrected chi connectivity index (χ3v) is 4.96. The standard InChI is InChI=1S/C23H27BrN2O2/c1-5-6-12-21(23(27)25-4)20-13-7-9-16(2)22(20)15-28-26-17(3)18-10-8-11-19(24)14-18/h7-14H,5-6,15H2,1-4H3,(H,25,27)/b21-12-,26-17+. The molecule has 0 heterocycles. The van der Waals surface area contributed by atoms with E-state index in [9.17, 15) is 4.79 Å². The minimum absolute atomic E-state index is 0.0888. The fourth-order valence-electron chi connectivity index (χ4n) is 2.85. The van der Waals surface area contributed by atoms with Crippen molar-refractivity contribution < 1.29 is 9.63 Å². The first kappa shape index (κ1) is 21.9. The average Bonchev–Trinajstić information content (AvgIpc) is 2.69. The number of hydrogen-bond donors (Lipinski definition) is 1. The van der Waals surface area contributed by atoms with Gasteiger partial charge in [-0.1, -0.05) is 70.8 Å². The van der Waals surface area contributed by atoms with Crippen molar-refractivity contribution in [1.82, 2.24) is 5.32 Å². The van der Waals surface area contributed by atoms with Crippen molar-refractivity contribution in [3.8, 4) is 0 Å². The van der Waals surface area contributed by atoms with Gasteiger partial charge in [-0.2, -0.15) is 0 Å². The van der Waals surface area contributed by atoms with E-state index in [-0.39, 0.29) is 5.91 Å². The Hall–Kier alpha value is -2.40. The van der Waals surface area contributed by atoms with Gasteiger partial charge in [-0.05, 0) is 43.5 Å². The maximum atomic E-state index is 12.4. The summed E-state index contributed by atoms with van der Waals surface area (Å²) in [5.41, 5.74) is 5.40. The zero-order valence-electron chi connectivity index (χ0n) is 16.9. The molecule has 0 fully saturated rings. The molecule has 0 aromatic heterocycles. The molecule has 0 saturated heterocycles. The minimum Gasteiger partial charge on any atom is -0.391 e. The van der Waals surface area contributed by atoms with E-state index in [0.29, 0.717) is 12.2 Å². The van der Waals surface area contributed by atoms with Crippen LogP contribution in [0.1, 0.15) is 48.9 Å². The monoisotopic (exact) mass is 442 g/mol. The lowest BCUT2D eigenvalue weighted by Crippen LogP contribution is -2.20. The van der Waals surface area contributed by atoms with Crippen LogP contribution in [0.4, 0.5) is 0 Å². The maximum absolute atomic E-state index is 12.4. The highest BCUT2D eigenvalue weighted by Gasteiger charge is 2.16. The van der Waals surface area contributed by atoms with Crippen molar-refractivity contribution >= 4 is 33.1 Å². The van der Waals surface area contributed by atoms with Crippen molar-refractivity contribution in [2.45, 2.75) is 40.2 Å². The van der Waals surface area contributed by atoms with Crippen LogP contribution in [-0.4, -0.2) is 18.7 Å². The van der Waals surface area contributed by atoms with E-state index < -0.39 is 0 Å². The van der Waals surface area contributed by atoms with Gasteiger partial charge in [-0.15, -0.1) is 0 Å². The highest BCUT2D eigenvalue weighted by Crippen LogP contribution is 2.24. The van der Waals surface area contributed by atoms with Gasteiger partial charge in [0.2, 0.25) is 0 Å². The molecule has 0 bridgehead atoms. The maximum Gasteiger partial charge on any atom is 0.251 e. The van der Waals surface area contributed by atoms with Gasteiger partial charge in [-0.3, -0.25) is 4.79 Å². The largest absolute Gasteiger partial charge is 0.391 e. The number of rotatable bonds is 8. The Kier molecular flexibility index (Phi) is 8.45. The van der Waals surface area contributed by atoms with Crippen LogP contribution < -0.4 is 5.32 Å². The first-order valence-electron chi connectivity index (χ1n) is 9.41. The lowest BCUT2D eigenvalue weighted by atomic mass is 9.95. The molecule has 0 aliphatic carbocycles. The number of benzene rings is 2. The van der Waals surface area contributed by atoms with E-state index in [1.807, 2.05) is 62.4 Å². The number of aryl methyl sites for hydroxylation is 1. The van der Waals surface area contributed by atoms with Gasteiger partial charge in [0.05, 0.1) is 5.71 Å². The lowest BCUT2D eigenvalue weighted by Gasteiger charge is -2.14. The molecule has 0 aliphatic heterocycles. The number of carbonyl (C=O) groups excluding carboxylic acids is 1. The van der Waals surface area contributed by atoms with E-state index in [2.05, 4.69) is 33.3 Å². The highest BCUT2D eigenvalue weighted by molar-refractivity contribution is 9.10. The molecule has 28 heavy (non-hydrogen) atoms. The van der Waals surface area contributed by atoms with Gasteiger partial charge in [0.15, 0.2) is 0 Å². The van der Waals surface area contributed by atoms with Crippen molar-refractivity contribution in [2.24, 2.45) is 5.16 Å². The number of likely N-dealkylation sites (N-methyl/N-ethyl adjacent to an activating group) is 1. The summed E-state index contributed by atoms with van der Waals surface area (Å²) in [5, 5.41) is 7.02. The quantitative estimate of drug-likeness (QED) is 0.327. The molecular weight excluding hydrogens is 416 g/mol. The number of unbranched alkanes of at least 4 members (excludes halogenated alkanes) is 1. The summed E-state index contributed by atoms with van der Waals surface area (Å²) in [6.45, 7) is 6.33. The number of nitrogens with zero attached hydrogens (tertiary/aromatic N) is 1. The van der Waals surface area contributed by atoms with E-state index >= 15 is 0 Å². The van der Waals surface area contributed by atoms with E-state index in [4.69, 9.17) is 4.84 Å². The van der Waals surface area contributed by atoms with Gasteiger partial charge in [-0.25, -0.2) is 0 Å². The molecule has 1 N–H and O–H groups in total. The van der Waals surface area contributed by atoms with Crippen molar-refractivity contribution in [3.05, 3.63) is 75.3 Å². The Labute approximate surface area is 175 Å². The predicted octanol–water partition coefficient (Wildman–Crippen LogP) is 5.63. The Balaban J connectivity index is 2.28. The molecule has 0 unspecified atom stereocenters. The van der Waals surface area contributed by atoms with Crippen LogP contribution >= 0.6 is 15.9 Å². The molecule has 0 saturated carbocycles. The summed E-state index contributed by atoms with van der Waals surface area (Å²) in [4.78, 5) is 18.1. The van der Waals surface area contributed by atoms with Crippen LogP contribution in [0.15, 0.2) is 58.2 Å². The third-order valence-electron chi connectivity index (χ3n) is 4.46. The molecule has 0 radical (unpaired) electrons. The number of amides is 1. The second-order valence-electron chi connectivity index (χ2n) is 6.55. The van der Waals surface area contributed by atoms with Crippen LogP contribution in [-0.2, 0) is 16.2 Å². The van der Waals surface area contributed by atoms with Gasteiger partial charge in [0.1, 0.15) is 6.61 Å². The Morgan fingerprint density at radius 2 is 2.00 bits per heavy atom. The molecule has 148 valence electrons. The van der Waals surface area contributed by atoms with Gasteiger partial charge < -0.3 is 10.2 Å². The Morgan fingerprint density at radius 1 is 1.25 bits per heavy atom. The SMILES string of the molecule is CCC/C=C(\C(=O)NC)c1cccc(C)c1CO/N=C(\C)c1cccc(Br)c1. The fraction of sp³-hybridized carbons (Fsp3) is 0.304. The number of allylic oxidation sites excluding steroid dienone is 1. The summed E-state index contributed by atoms with van der Waals surface area (Å²) in [7, 11) is 1.65. The predicted molar refractivity (Wildman–Crippen MR) is 119 cm³/mol. The van der Waals surface area contributed by atoms with Crippen molar-refractivity contribution in [1.29, 1.82) is 0 Å². The second-order valence-corrected chi connectivity index (χ2v) is 7.46. The summed E-state index contributed by atoms with van der Waals surface area (Å²) < 4.78 is 0.997. The zero-order chi connectivity index (χ0) is 20.5. The van der Waals surface area contributed by atoms with Gasteiger partial charge >= 0.3 is 0 Å². The number of halogens is 1. The van der Waals surface area contributed by atoms with Crippen LogP contribution in [0.2, 0.25) is 0 Å². The zero-order valence-corrected chi connectivity index (χ0v) is 18.5. The number of carbonyl (C=O) groups is 1. The Bertz CT molecular complexity index is 888. The highest BCUT2D eigenvalue weighted by atomic mass is 79.9. The third kappa shape index (κ3) is 5.80. The normalized spacial score (nSPS) is 12.0. The van der Waals surface area contributed by atoms with Crippen LogP contribution in [0.25, 0.3) is 5.57 Å². The summed E-state index contributed by atoms with van der Waals surface area (Å²) in [5.74, 6) is -0.0888. The smallest absolute Gasteiger partial charge is 0.251 e. The first-order valence-corrected chi connectivity index (χ1v) is 10.2. The number of hydrogen-bond acceptors (Lipinski definition) is 3. The average molecular weight is 443 g/mol. The summed E-state index contributed by atoms with van der Waals surface area (Å²) in [6.07, 6.45) is 3.82. The van der Waals surface area contributed by atoms with E-state index in [0.717, 1.165) is 45.3 Å². The molecule has 0 spiro atoms. The molecule has 2 aromatic rings. The minimum atomic E-state index is -0.0888.